The molecule has 0 radical (unpaired) electrons. The summed E-state index contributed by atoms with van der Waals surface area (Å²) in [6.07, 6.45) is 0. The molecule has 3 aromatic rings. The van der Waals surface area contributed by atoms with Crippen LogP contribution in [0.2, 0.25) is 0 Å². The zero-order chi connectivity index (χ0) is 23.5. The third-order valence-corrected chi connectivity index (χ3v) is 5.43. The van der Waals surface area contributed by atoms with E-state index in [1.807, 2.05) is 66.1 Å². The van der Waals surface area contributed by atoms with Crippen molar-refractivity contribution in [2.45, 2.75) is 33.0 Å². The largest absolute Gasteiger partial charge is 0.497 e. The molecule has 0 unspecified atom stereocenters. The molecule has 170 valence electrons. The van der Waals surface area contributed by atoms with E-state index in [9.17, 15) is 4.79 Å². The lowest BCUT2D eigenvalue weighted by Gasteiger charge is -2.21. The van der Waals surface area contributed by atoms with E-state index in [1.54, 1.807) is 28.1 Å². The summed E-state index contributed by atoms with van der Waals surface area (Å²) in [5, 5.41) is 4.81. The monoisotopic (exact) mass is 437 g/mol. The van der Waals surface area contributed by atoms with Gasteiger partial charge < -0.3 is 19.1 Å². The first-order valence-corrected chi connectivity index (χ1v) is 10.4. The number of methoxy groups -OCH3 is 2. The molecule has 0 bridgehead atoms. The molecule has 0 spiro atoms. The van der Waals surface area contributed by atoms with Gasteiger partial charge in [-0.3, -0.25) is 4.79 Å². The van der Waals surface area contributed by atoms with E-state index in [-0.39, 0.29) is 12.4 Å². The number of rotatable bonds is 9. The van der Waals surface area contributed by atoms with Crippen molar-refractivity contribution in [1.82, 2.24) is 9.78 Å². The normalized spacial score (nSPS) is 11.3. The molecule has 0 fully saturated rings. The minimum Gasteiger partial charge on any atom is -0.497 e. The van der Waals surface area contributed by atoms with Crippen LogP contribution in [-0.4, -0.2) is 49.5 Å². The molecular formula is C25H31N3O4. The molecule has 7 heteroatoms. The SMILES string of the molecule is COc1cc(OC)cc(-c2cc(COC(C)(C)C(C)=O)nn2-c2cccc(N(C)C)c2)c1. The number of carbonyl (C=O) groups is 1. The molecule has 1 heterocycles. The van der Waals surface area contributed by atoms with Crippen LogP contribution in [0.15, 0.2) is 48.5 Å². The van der Waals surface area contributed by atoms with E-state index in [0.717, 1.165) is 22.6 Å². The topological polar surface area (TPSA) is 65.8 Å². The number of anilines is 1. The Labute approximate surface area is 189 Å². The van der Waals surface area contributed by atoms with Gasteiger partial charge in [0.25, 0.3) is 0 Å². The molecule has 2 aromatic carbocycles. The standard InChI is InChI=1S/C25H31N3O4/c1-17(29)25(2,3)32-16-19-13-24(18-11-22(30-6)15-23(12-18)31-7)28(26-19)21-10-8-9-20(14-21)27(4)5/h8-15H,16H2,1-7H3. The summed E-state index contributed by atoms with van der Waals surface area (Å²) < 4.78 is 18.7. The lowest BCUT2D eigenvalue weighted by atomic mass is 10.1. The predicted molar refractivity (Wildman–Crippen MR) is 126 cm³/mol. The molecule has 32 heavy (non-hydrogen) atoms. The minimum absolute atomic E-state index is 0.0339. The molecule has 7 nitrogen and oxygen atoms in total. The van der Waals surface area contributed by atoms with Gasteiger partial charge in [-0.25, -0.2) is 4.68 Å². The third-order valence-electron chi connectivity index (χ3n) is 5.43. The number of nitrogens with zero attached hydrogens (tertiary/aromatic N) is 3. The lowest BCUT2D eigenvalue weighted by molar-refractivity contribution is -0.139. The maximum Gasteiger partial charge on any atom is 0.161 e. The van der Waals surface area contributed by atoms with Gasteiger partial charge in [-0.15, -0.1) is 0 Å². The Bertz CT molecular complexity index is 1080. The van der Waals surface area contributed by atoms with E-state index in [0.29, 0.717) is 17.2 Å². The summed E-state index contributed by atoms with van der Waals surface area (Å²) in [5.74, 6) is 1.34. The Morgan fingerprint density at radius 3 is 2.25 bits per heavy atom. The summed E-state index contributed by atoms with van der Waals surface area (Å²) in [5.41, 5.74) is 3.55. The highest BCUT2D eigenvalue weighted by atomic mass is 16.5. The van der Waals surface area contributed by atoms with Gasteiger partial charge in [-0.1, -0.05) is 6.07 Å². The second-order valence-corrected chi connectivity index (χ2v) is 8.30. The zero-order valence-corrected chi connectivity index (χ0v) is 19.8. The maximum absolute atomic E-state index is 11.9. The molecule has 0 N–H and O–H groups in total. The van der Waals surface area contributed by atoms with Crippen molar-refractivity contribution in [1.29, 1.82) is 0 Å². The number of ketones is 1. The first-order valence-electron chi connectivity index (χ1n) is 10.4. The highest BCUT2D eigenvalue weighted by Crippen LogP contribution is 2.32. The fourth-order valence-electron chi connectivity index (χ4n) is 3.12. The Hall–Kier alpha value is -3.32. The molecule has 0 saturated heterocycles. The van der Waals surface area contributed by atoms with Gasteiger partial charge in [-0.2, -0.15) is 5.10 Å². The van der Waals surface area contributed by atoms with Crippen LogP contribution in [0.4, 0.5) is 5.69 Å². The van der Waals surface area contributed by atoms with Gasteiger partial charge in [-0.05, 0) is 57.2 Å². The number of hydrogen-bond acceptors (Lipinski definition) is 6. The molecule has 1 aromatic heterocycles. The average molecular weight is 438 g/mol. The molecule has 0 aliphatic rings. The van der Waals surface area contributed by atoms with Crippen molar-refractivity contribution in [3.8, 4) is 28.4 Å². The number of aromatic nitrogens is 2. The van der Waals surface area contributed by atoms with Gasteiger partial charge in [0.05, 0.1) is 37.9 Å². The summed E-state index contributed by atoms with van der Waals surface area (Å²) in [7, 11) is 7.25. The Kier molecular flexibility index (Phi) is 6.89. The number of benzene rings is 2. The number of carbonyl (C=O) groups excluding carboxylic acids is 1. The second-order valence-electron chi connectivity index (χ2n) is 8.30. The van der Waals surface area contributed by atoms with Crippen LogP contribution >= 0.6 is 0 Å². The average Bonchev–Trinajstić information content (AvgIpc) is 3.22. The van der Waals surface area contributed by atoms with Gasteiger partial charge in [0.1, 0.15) is 17.1 Å². The Morgan fingerprint density at radius 2 is 1.69 bits per heavy atom. The fraction of sp³-hybridized carbons (Fsp3) is 0.360. The van der Waals surface area contributed by atoms with Gasteiger partial charge in [0, 0.05) is 31.4 Å². The van der Waals surface area contributed by atoms with Crippen LogP contribution in [-0.2, 0) is 16.1 Å². The second kappa shape index (κ2) is 9.44. The molecule has 0 saturated carbocycles. The quantitative estimate of drug-likeness (QED) is 0.491. The summed E-state index contributed by atoms with van der Waals surface area (Å²) in [4.78, 5) is 13.9. The van der Waals surface area contributed by atoms with Crippen molar-refractivity contribution < 1.29 is 19.0 Å². The molecule has 0 atom stereocenters. The fourth-order valence-corrected chi connectivity index (χ4v) is 3.12. The highest BCUT2D eigenvalue weighted by molar-refractivity contribution is 5.83. The first-order chi connectivity index (χ1) is 15.1. The summed E-state index contributed by atoms with van der Waals surface area (Å²) >= 11 is 0. The van der Waals surface area contributed by atoms with Crippen LogP contribution < -0.4 is 14.4 Å². The minimum atomic E-state index is -0.881. The zero-order valence-electron chi connectivity index (χ0n) is 19.8. The molecular weight excluding hydrogens is 406 g/mol. The van der Waals surface area contributed by atoms with Crippen LogP contribution in [0.3, 0.4) is 0 Å². The van der Waals surface area contributed by atoms with Crippen LogP contribution in [0.5, 0.6) is 11.5 Å². The van der Waals surface area contributed by atoms with Crippen molar-refractivity contribution in [2.75, 3.05) is 33.2 Å². The van der Waals surface area contributed by atoms with Gasteiger partial charge in [0.15, 0.2) is 5.78 Å². The van der Waals surface area contributed by atoms with Crippen LogP contribution in [0, 0.1) is 0 Å². The van der Waals surface area contributed by atoms with Gasteiger partial charge >= 0.3 is 0 Å². The number of Topliss-reactive ketones (excluding diaryl/α,β-unsaturated/α-hetero) is 1. The summed E-state index contributed by atoms with van der Waals surface area (Å²) in [6.45, 7) is 5.27. The van der Waals surface area contributed by atoms with Gasteiger partial charge in [0.2, 0.25) is 0 Å². The van der Waals surface area contributed by atoms with Crippen molar-refractivity contribution in [2.24, 2.45) is 0 Å². The summed E-state index contributed by atoms with van der Waals surface area (Å²) in [6, 6.07) is 15.8. The van der Waals surface area contributed by atoms with Crippen LogP contribution in [0.1, 0.15) is 26.5 Å². The van der Waals surface area contributed by atoms with E-state index >= 15 is 0 Å². The highest BCUT2D eigenvalue weighted by Gasteiger charge is 2.25. The lowest BCUT2D eigenvalue weighted by Crippen LogP contribution is -2.32. The number of ether oxygens (including phenoxy) is 3. The van der Waals surface area contributed by atoms with E-state index < -0.39 is 5.60 Å². The first kappa shape index (κ1) is 23.3. The van der Waals surface area contributed by atoms with Crippen molar-refractivity contribution >= 4 is 11.5 Å². The smallest absolute Gasteiger partial charge is 0.161 e. The maximum atomic E-state index is 11.9. The Balaban J connectivity index is 2.11. The van der Waals surface area contributed by atoms with E-state index in [4.69, 9.17) is 19.3 Å². The molecule has 0 aliphatic carbocycles. The third kappa shape index (κ3) is 5.11. The number of hydrogen-bond donors (Lipinski definition) is 0. The van der Waals surface area contributed by atoms with E-state index in [2.05, 4.69) is 6.07 Å². The molecule has 3 rings (SSSR count). The van der Waals surface area contributed by atoms with E-state index in [1.165, 1.54) is 6.92 Å². The van der Waals surface area contributed by atoms with Crippen LogP contribution in [0.25, 0.3) is 16.9 Å². The Morgan fingerprint density at radius 1 is 1.03 bits per heavy atom. The molecule has 0 aliphatic heterocycles. The van der Waals surface area contributed by atoms with Crippen molar-refractivity contribution in [3.63, 3.8) is 0 Å². The molecule has 0 amide bonds. The van der Waals surface area contributed by atoms with Crippen molar-refractivity contribution in [3.05, 3.63) is 54.2 Å². The predicted octanol–water partition coefficient (Wildman–Crippen LogP) is 4.51.